The number of nitrogens with zero attached hydrogens (tertiary/aromatic N) is 1. The molecule has 0 aromatic rings. The van der Waals surface area contributed by atoms with E-state index in [0.717, 1.165) is 13.1 Å². The van der Waals surface area contributed by atoms with Crippen molar-refractivity contribution in [3.8, 4) is 0 Å². The van der Waals surface area contributed by atoms with Crippen LogP contribution in [-0.2, 0) is 9.53 Å². The van der Waals surface area contributed by atoms with Gasteiger partial charge in [0.1, 0.15) is 0 Å². The molecule has 0 saturated heterocycles. The van der Waals surface area contributed by atoms with Gasteiger partial charge in [-0.15, -0.1) is 0 Å². The van der Waals surface area contributed by atoms with Crippen molar-refractivity contribution in [2.45, 2.75) is 33.2 Å². The van der Waals surface area contributed by atoms with Gasteiger partial charge >= 0.3 is 6.09 Å². The topological polar surface area (TPSA) is 58.6 Å². The van der Waals surface area contributed by atoms with Crippen molar-refractivity contribution in [1.82, 2.24) is 10.2 Å². The summed E-state index contributed by atoms with van der Waals surface area (Å²) in [5.74, 6) is -0.0519. The van der Waals surface area contributed by atoms with Gasteiger partial charge in [0.05, 0.1) is 13.2 Å². The van der Waals surface area contributed by atoms with Gasteiger partial charge in [0.2, 0.25) is 0 Å². The third-order valence-corrected chi connectivity index (χ3v) is 2.73. The number of ketones is 1. The van der Waals surface area contributed by atoms with Crippen LogP contribution in [-0.4, -0.2) is 50.1 Å². The maximum Gasteiger partial charge on any atom is 0.407 e. The molecule has 0 spiro atoms. The van der Waals surface area contributed by atoms with E-state index >= 15 is 0 Å². The number of hydrogen-bond donors (Lipinski definition) is 1. The lowest BCUT2D eigenvalue weighted by Crippen LogP contribution is -2.44. The number of nitrogens with one attached hydrogen (secondary N) is 1. The van der Waals surface area contributed by atoms with E-state index in [-0.39, 0.29) is 11.7 Å². The highest BCUT2D eigenvalue weighted by atomic mass is 16.5. The predicted molar refractivity (Wildman–Crippen MR) is 67.0 cm³/mol. The Kier molecular flexibility index (Phi) is 7.54. The van der Waals surface area contributed by atoms with E-state index in [1.807, 2.05) is 27.8 Å². The minimum Gasteiger partial charge on any atom is -0.453 e. The van der Waals surface area contributed by atoms with Crippen LogP contribution in [0.2, 0.25) is 0 Å². The normalized spacial score (nSPS) is 12.6. The highest BCUT2D eigenvalue weighted by molar-refractivity contribution is 5.88. The number of Topliss-reactive ketones (excluding diaryl/α,β-unsaturated/α-hetero) is 1. The van der Waals surface area contributed by atoms with Crippen LogP contribution in [0, 0.1) is 5.92 Å². The van der Waals surface area contributed by atoms with Crippen molar-refractivity contribution in [1.29, 1.82) is 0 Å². The van der Waals surface area contributed by atoms with E-state index in [0.29, 0.717) is 6.42 Å². The van der Waals surface area contributed by atoms with Crippen molar-refractivity contribution in [3.05, 3.63) is 0 Å². The second-order valence-corrected chi connectivity index (χ2v) is 4.43. The minimum atomic E-state index is -0.553. The molecule has 0 aromatic heterocycles. The maximum absolute atomic E-state index is 11.9. The van der Waals surface area contributed by atoms with E-state index in [1.54, 1.807) is 0 Å². The summed E-state index contributed by atoms with van der Waals surface area (Å²) in [5.41, 5.74) is 0. The molecule has 17 heavy (non-hydrogen) atoms. The second-order valence-electron chi connectivity index (χ2n) is 4.43. The zero-order chi connectivity index (χ0) is 13.4. The van der Waals surface area contributed by atoms with Gasteiger partial charge in [0.25, 0.3) is 0 Å². The Morgan fingerprint density at radius 3 is 2.35 bits per heavy atom. The van der Waals surface area contributed by atoms with Gasteiger partial charge in [-0.05, 0) is 20.0 Å². The summed E-state index contributed by atoms with van der Waals surface area (Å²) >= 11 is 0. The number of carbonyl (C=O) groups is 2. The van der Waals surface area contributed by atoms with Gasteiger partial charge in [-0.25, -0.2) is 4.79 Å². The van der Waals surface area contributed by atoms with E-state index in [1.165, 1.54) is 7.11 Å². The van der Waals surface area contributed by atoms with Crippen molar-refractivity contribution >= 4 is 11.9 Å². The average Bonchev–Trinajstić information content (AvgIpc) is 2.32. The first kappa shape index (κ1) is 15.9. The molecule has 0 fully saturated rings. The Labute approximate surface area is 103 Å². The molecular weight excluding hydrogens is 220 g/mol. The molecule has 0 saturated carbocycles. The van der Waals surface area contributed by atoms with Crippen molar-refractivity contribution in [3.63, 3.8) is 0 Å². The summed E-state index contributed by atoms with van der Waals surface area (Å²) in [5, 5.41) is 2.59. The third-order valence-electron chi connectivity index (χ3n) is 2.73. The predicted octanol–water partition coefficient (Wildman–Crippen LogP) is 1.28. The van der Waals surface area contributed by atoms with Crippen LogP contribution in [0.15, 0.2) is 0 Å². The number of rotatable bonds is 7. The fourth-order valence-corrected chi connectivity index (χ4v) is 1.40. The van der Waals surface area contributed by atoms with E-state index in [4.69, 9.17) is 0 Å². The molecular formula is C12H24N2O3. The molecule has 1 amide bonds. The van der Waals surface area contributed by atoms with E-state index < -0.39 is 12.1 Å². The molecule has 0 aliphatic rings. The number of carbonyl (C=O) groups excluding carboxylic acids is 2. The average molecular weight is 244 g/mol. The first-order valence-electron chi connectivity index (χ1n) is 5.99. The van der Waals surface area contributed by atoms with E-state index in [2.05, 4.69) is 15.0 Å². The first-order chi connectivity index (χ1) is 7.92. The molecule has 1 N–H and O–H groups in total. The van der Waals surface area contributed by atoms with Gasteiger partial charge in [0.15, 0.2) is 5.78 Å². The lowest BCUT2D eigenvalue weighted by atomic mass is 9.99. The quantitative estimate of drug-likeness (QED) is 0.733. The molecule has 5 nitrogen and oxygen atoms in total. The SMILES string of the molecule is CCN(C)CC[C@@H](NC(=O)OC)C(=O)C(C)C. The third kappa shape index (κ3) is 6.26. The minimum absolute atomic E-state index is 0.0416. The van der Waals surface area contributed by atoms with Crippen molar-refractivity contribution in [2.75, 3.05) is 27.2 Å². The molecule has 0 heterocycles. The Morgan fingerprint density at radius 1 is 1.35 bits per heavy atom. The molecule has 0 aliphatic carbocycles. The number of ether oxygens (including phenoxy) is 1. The Hall–Kier alpha value is -1.10. The summed E-state index contributed by atoms with van der Waals surface area (Å²) < 4.78 is 4.53. The maximum atomic E-state index is 11.9. The smallest absolute Gasteiger partial charge is 0.407 e. The van der Waals surface area contributed by atoms with Crippen molar-refractivity contribution < 1.29 is 14.3 Å². The molecule has 0 aliphatic heterocycles. The number of amides is 1. The first-order valence-corrected chi connectivity index (χ1v) is 5.99. The molecule has 5 heteroatoms. The van der Waals surface area contributed by atoms with Crippen LogP contribution in [0.4, 0.5) is 4.79 Å². The summed E-state index contributed by atoms with van der Waals surface area (Å²) in [6, 6.07) is -0.462. The fraction of sp³-hybridized carbons (Fsp3) is 0.833. The molecule has 0 aromatic carbocycles. The van der Waals surface area contributed by atoms with Gasteiger partial charge < -0.3 is 15.0 Å². The van der Waals surface area contributed by atoms with Gasteiger partial charge in [0, 0.05) is 12.5 Å². The number of methoxy groups -OCH3 is 1. The summed E-state index contributed by atoms with van der Waals surface area (Å²) in [4.78, 5) is 25.2. The van der Waals surface area contributed by atoms with Crippen LogP contribution in [0.1, 0.15) is 27.2 Å². The van der Waals surface area contributed by atoms with Crippen LogP contribution in [0.25, 0.3) is 0 Å². The zero-order valence-electron chi connectivity index (χ0n) is 11.4. The highest BCUT2D eigenvalue weighted by Gasteiger charge is 2.23. The summed E-state index contributed by atoms with van der Waals surface area (Å²) in [6.07, 6.45) is 0.0550. The van der Waals surface area contributed by atoms with Gasteiger partial charge in [-0.3, -0.25) is 4.79 Å². The van der Waals surface area contributed by atoms with Crippen LogP contribution < -0.4 is 5.32 Å². The van der Waals surface area contributed by atoms with Gasteiger partial charge in [-0.2, -0.15) is 0 Å². The molecule has 0 radical (unpaired) electrons. The van der Waals surface area contributed by atoms with Crippen LogP contribution in [0.5, 0.6) is 0 Å². The monoisotopic (exact) mass is 244 g/mol. The number of alkyl carbamates (subject to hydrolysis) is 1. The number of hydrogen-bond acceptors (Lipinski definition) is 4. The standard InChI is InChI=1S/C12H24N2O3/c1-6-14(4)8-7-10(11(15)9(2)3)13-12(16)17-5/h9-10H,6-8H2,1-5H3,(H,13,16)/t10-/m1/s1. The fourth-order valence-electron chi connectivity index (χ4n) is 1.40. The molecule has 1 atom stereocenters. The molecule has 0 bridgehead atoms. The highest BCUT2D eigenvalue weighted by Crippen LogP contribution is 2.05. The second kappa shape index (κ2) is 8.06. The Bertz CT molecular complexity index is 254. The Morgan fingerprint density at radius 2 is 1.94 bits per heavy atom. The lowest BCUT2D eigenvalue weighted by Gasteiger charge is -2.21. The lowest BCUT2D eigenvalue weighted by molar-refractivity contribution is -0.124. The largest absolute Gasteiger partial charge is 0.453 e. The van der Waals surface area contributed by atoms with Crippen LogP contribution in [0.3, 0.4) is 0 Å². The Balaban J connectivity index is 4.40. The van der Waals surface area contributed by atoms with Crippen LogP contribution >= 0.6 is 0 Å². The van der Waals surface area contributed by atoms with Crippen molar-refractivity contribution in [2.24, 2.45) is 5.92 Å². The molecule has 0 rings (SSSR count). The molecule has 0 unspecified atom stereocenters. The van der Waals surface area contributed by atoms with E-state index in [9.17, 15) is 9.59 Å². The summed E-state index contributed by atoms with van der Waals surface area (Å²) in [7, 11) is 3.28. The zero-order valence-corrected chi connectivity index (χ0v) is 11.4. The molecule has 100 valence electrons. The van der Waals surface area contributed by atoms with Gasteiger partial charge in [-0.1, -0.05) is 20.8 Å². The summed E-state index contributed by atoms with van der Waals surface area (Å²) in [6.45, 7) is 7.40.